The summed E-state index contributed by atoms with van der Waals surface area (Å²) in [6.45, 7) is 10.1. The zero-order valence-electron chi connectivity index (χ0n) is 18.9. The molecule has 1 aromatic heterocycles. The van der Waals surface area contributed by atoms with Gasteiger partial charge in [-0.25, -0.2) is 0 Å². The Morgan fingerprint density at radius 1 is 1.03 bits per heavy atom. The number of nitriles is 1. The molecule has 0 unspecified atom stereocenters. The fourth-order valence-corrected chi connectivity index (χ4v) is 4.22. The van der Waals surface area contributed by atoms with E-state index in [9.17, 15) is 10.1 Å². The van der Waals surface area contributed by atoms with Gasteiger partial charge in [0.05, 0.1) is 0 Å². The van der Waals surface area contributed by atoms with E-state index in [1.165, 1.54) is 0 Å². The Labute approximate surface area is 187 Å². The normalized spacial score (nSPS) is 12.6. The summed E-state index contributed by atoms with van der Waals surface area (Å²) in [5, 5.41) is 12.6. The molecule has 6 heteroatoms. The number of hydrogen-bond donors (Lipinski definition) is 1. The first-order valence-corrected chi connectivity index (χ1v) is 10.4. The summed E-state index contributed by atoms with van der Waals surface area (Å²) < 4.78 is 13.0. The van der Waals surface area contributed by atoms with Gasteiger partial charge in [0.2, 0.25) is 6.79 Å². The molecular formula is C26H25N3O3. The van der Waals surface area contributed by atoms with Gasteiger partial charge in [-0.3, -0.25) is 4.79 Å². The Morgan fingerprint density at radius 2 is 1.72 bits per heavy atom. The van der Waals surface area contributed by atoms with Crippen molar-refractivity contribution in [3.05, 3.63) is 75.6 Å². The molecule has 2 heterocycles. The molecule has 0 saturated carbocycles. The average molecular weight is 428 g/mol. The second kappa shape index (κ2) is 8.27. The maximum Gasteiger partial charge on any atom is 0.266 e. The highest BCUT2D eigenvalue weighted by Crippen LogP contribution is 2.35. The van der Waals surface area contributed by atoms with Crippen molar-refractivity contribution in [3.8, 4) is 23.3 Å². The fourth-order valence-electron chi connectivity index (χ4n) is 4.22. The number of benzene rings is 2. The first kappa shape index (κ1) is 21.3. The van der Waals surface area contributed by atoms with Gasteiger partial charge in [-0.05, 0) is 75.6 Å². The van der Waals surface area contributed by atoms with E-state index in [0.717, 1.165) is 50.8 Å². The van der Waals surface area contributed by atoms with Crippen LogP contribution in [0.4, 0.5) is 5.69 Å². The van der Waals surface area contributed by atoms with Crippen molar-refractivity contribution in [2.75, 3.05) is 12.1 Å². The number of anilines is 1. The lowest BCUT2D eigenvalue weighted by molar-refractivity contribution is -0.112. The summed E-state index contributed by atoms with van der Waals surface area (Å²) in [6, 6.07) is 13.8. The Hall–Kier alpha value is -3.98. The molecule has 32 heavy (non-hydrogen) atoms. The summed E-state index contributed by atoms with van der Waals surface area (Å²) in [7, 11) is 0. The topological polar surface area (TPSA) is 76.3 Å². The zero-order chi connectivity index (χ0) is 23.0. The number of fused-ring (bicyclic) bond motifs is 1. The van der Waals surface area contributed by atoms with Gasteiger partial charge in [0, 0.05) is 28.8 Å². The fraction of sp³-hybridized carbons (Fsp3) is 0.231. The molecule has 2 aromatic carbocycles. The largest absolute Gasteiger partial charge is 0.454 e. The highest BCUT2D eigenvalue weighted by Gasteiger charge is 2.18. The highest BCUT2D eigenvalue weighted by atomic mass is 16.7. The minimum absolute atomic E-state index is 0.0512. The van der Waals surface area contributed by atoms with Gasteiger partial charge >= 0.3 is 0 Å². The predicted octanol–water partition coefficient (Wildman–Crippen LogP) is 5.29. The van der Waals surface area contributed by atoms with Crippen molar-refractivity contribution >= 4 is 17.7 Å². The molecule has 0 spiro atoms. The van der Waals surface area contributed by atoms with Crippen LogP contribution in [0.5, 0.6) is 11.5 Å². The number of aryl methyl sites for hydroxylation is 4. The Balaban J connectivity index is 1.66. The summed E-state index contributed by atoms with van der Waals surface area (Å²) in [6.07, 6.45) is 1.64. The van der Waals surface area contributed by atoms with E-state index in [1.807, 2.05) is 71.0 Å². The van der Waals surface area contributed by atoms with E-state index in [1.54, 1.807) is 6.08 Å². The number of amides is 1. The number of ether oxygens (including phenoxy) is 2. The van der Waals surface area contributed by atoms with Crippen LogP contribution in [0.25, 0.3) is 11.8 Å². The van der Waals surface area contributed by atoms with Gasteiger partial charge in [0.1, 0.15) is 11.6 Å². The number of nitrogens with one attached hydrogen (secondary N) is 1. The molecule has 4 rings (SSSR count). The van der Waals surface area contributed by atoms with Gasteiger partial charge in [-0.1, -0.05) is 17.7 Å². The van der Waals surface area contributed by atoms with Crippen molar-refractivity contribution in [1.82, 2.24) is 4.57 Å². The third-order valence-electron chi connectivity index (χ3n) is 5.67. The molecule has 1 N–H and O–H groups in total. The molecule has 0 radical (unpaired) electrons. The van der Waals surface area contributed by atoms with Crippen molar-refractivity contribution in [3.63, 3.8) is 0 Å². The van der Waals surface area contributed by atoms with E-state index < -0.39 is 5.91 Å². The molecule has 6 nitrogen and oxygen atoms in total. The van der Waals surface area contributed by atoms with E-state index in [2.05, 4.69) is 16.0 Å². The summed E-state index contributed by atoms with van der Waals surface area (Å²) in [4.78, 5) is 12.9. The number of rotatable bonds is 4. The zero-order valence-corrected chi connectivity index (χ0v) is 18.9. The molecule has 1 aliphatic rings. The maximum absolute atomic E-state index is 12.9. The average Bonchev–Trinajstić information content (AvgIpc) is 3.31. The molecule has 0 saturated heterocycles. The lowest BCUT2D eigenvalue weighted by Gasteiger charge is -2.12. The number of nitrogens with zero attached hydrogens (tertiary/aromatic N) is 2. The Morgan fingerprint density at radius 3 is 2.41 bits per heavy atom. The van der Waals surface area contributed by atoms with Crippen molar-refractivity contribution in [2.45, 2.75) is 34.6 Å². The third kappa shape index (κ3) is 3.85. The van der Waals surface area contributed by atoms with Crippen molar-refractivity contribution in [1.29, 1.82) is 5.26 Å². The molecule has 3 aromatic rings. The lowest BCUT2D eigenvalue weighted by Crippen LogP contribution is -2.15. The molecule has 1 amide bonds. The van der Waals surface area contributed by atoms with Crippen LogP contribution in [-0.4, -0.2) is 17.3 Å². The molecule has 0 bridgehead atoms. The number of carbonyl (C=O) groups excluding carboxylic acids is 1. The van der Waals surface area contributed by atoms with Gasteiger partial charge in [-0.15, -0.1) is 0 Å². The molecule has 1 aliphatic heterocycles. The van der Waals surface area contributed by atoms with Crippen molar-refractivity contribution < 1.29 is 14.3 Å². The van der Waals surface area contributed by atoms with Gasteiger partial charge in [0.15, 0.2) is 11.5 Å². The molecule has 0 fully saturated rings. The SMILES string of the molecule is Cc1cc(C)c(NC(=O)/C(C#N)=C/c2cc(C)n(-c3ccc4c(c3)OCO4)c2C)c(C)c1. The van der Waals surface area contributed by atoms with Crippen LogP contribution in [0.15, 0.2) is 42.0 Å². The van der Waals surface area contributed by atoms with Gasteiger partial charge in [0.25, 0.3) is 5.91 Å². The molecular weight excluding hydrogens is 402 g/mol. The van der Waals surface area contributed by atoms with Gasteiger partial charge < -0.3 is 19.4 Å². The molecule has 0 atom stereocenters. The minimum atomic E-state index is -0.421. The quantitative estimate of drug-likeness (QED) is 0.453. The van der Waals surface area contributed by atoms with E-state index in [-0.39, 0.29) is 12.4 Å². The van der Waals surface area contributed by atoms with Crippen LogP contribution in [0.3, 0.4) is 0 Å². The van der Waals surface area contributed by atoms with Crippen LogP contribution in [0, 0.1) is 45.9 Å². The second-order valence-electron chi connectivity index (χ2n) is 8.10. The van der Waals surface area contributed by atoms with Crippen LogP contribution in [0.1, 0.15) is 33.6 Å². The monoisotopic (exact) mass is 427 g/mol. The third-order valence-corrected chi connectivity index (χ3v) is 5.67. The lowest BCUT2D eigenvalue weighted by atomic mass is 10.0. The Kier molecular flexibility index (Phi) is 5.50. The maximum atomic E-state index is 12.9. The van der Waals surface area contributed by atoms with E-state index in [4.69, 9.17) is 9.47 Å². The smallest absolute Gasteiger partial charge is 0.266 e. The second-order valence-corrected chi connectivity index (χ2v) is 8.10. The van der Waals surface area contributed by atoms with Crippen LogP contribution >= 0.6 is 0 Å². The van der Waals surface area contributed by atoms with Crippen LogP contribution in [0.2, 0.25) is 0 Å². The Bertz CT molecular complexity index is 1290. The summed E-state index contributed by atoms with van der Waals surface area (Å²) in [5.41, 5.74) is 7.50. The minimum Gasteiger partial charge on any atom is -0.454 e. The first-order chi connectivity index (χ1) is 15.3. The van der Waals surface area contributed by atoms with Crippen molar-refractivity contribution in [2.24, 2.45) is 0 Å². The highest BCUT2D eigenvalue weighted by molar-refractivity contribution is 6.10. The molecule has 0 aliphatic carbocycles. The first-order valence-electron chi connectivity index (χ1n) is 10.4. The standard InChI is InChI=1S/C26H25N3O3/c1-15-8-16(2)25(17(3)9-15)28-26(30)21(13-27)11-20-10-18(4)29(19(20)5)22-6-7-23-24(12-22)32-14-31-23/h6-12H,14H2,1-5H3,(H,28,30)/b21-11+. The van der Waals surface area contributed by atoms with E-state index in [0.29, 0.717) is 5.75 Å². The number of carbonyl (C=O) groups is 1. The summed E-state index contributed by atoms with van der Waals surface area (Å²) in [5.74, 6) is 1.00. The predicted molar refractivity (Wildman–Crippen MR) is 124 cm³/mol. The van der Waals surface area contributed by atoms with Gasteiger partial charge in [-0.2, -0.15) is 5.26 Å². The number of hydrogen-bond acceptors (Lipinski definition) is 4. The van der Waals surface area contributed by atoms with Crippen LogP contribution < -0.4 is 14.8 Å². The summed E-state index contributed by atoms with van der Waals surface area (Å²) >= 11 is 0. The van der Waals surface area contributed by atoms with Crippen LogP contribution in [-0.2, 0) is 4.79 Å². The molecule has 162 valence electrons. The number of aromatic nitrogens is 1. The van der Waals surface area contributed by atoms with E-state index >= 15 is 0 Å².